The zero-order valence-electron chi connectivity index (χ0n) is 7.46. The van der Waals surface area contributed by atoms with E-state index >= 15 is 0 Å². The van der Waals surface area contributed by atoms with Crippen molar-refractivity contribution in [3.05, 3.63) is 11.5 Å². The average Bonchev–Trinajstić information content (AvgIpc) is 1.82. The SMILES string of the molecule is CC/C(F)=C(\C)NC(C)(C)Cl. The second kappa shape index (κ2) is 3.96. The number of alkyl halides is 1. The molecule has 11 heavy (non-hydrogen) atoms. The third kappa shape index (κ3) is 5.08. The van der Waals surface area contributed by atoms with Crippen molar-refractivity contribution in [3.63, 3.8) is 0 Å². The molecule has 0 bridgehead atoms. The molecule has 0 amide bonds. The van der Waals surface area contributed by atoms with E-state index in [0.717, 1.165) is 0 Å². The van der Waals surface area contributed by atoms with Gasteiger partial charge in [0.2, 0.25) is 0 Å². The van der Waals surface area contributed by atoms with Gasteiger partial charge in [-0.3, -0.25) is 0 Å². The second-order valence-electron chi connectivity index (χ2n) is 2.98. The van der Waals surface area contributed by atoms with Crippen molar-refractivity contribution in [3.8, 4) is 0 Å². The maximum atomic E-state index is 12.8. The molecule has 0 spiro atoms. The van der Waals surface area contributed by atoms with Crippen LogP contribution >= 0.6 is 11.6 Å². The summed E-state index contributed by atoms with van der Waals surface area (Å²) in [4.78, 5) is -0.573. The number of rotatable bonds is 3. The Morgan fingerprint density at radius 1 is 1.55 bits per heavy atom. The van der Waals surface area contributed by atoms with Gasteiger partial charge < -0.3 is 5.32 Å². The van der Waals surface area contributed by atoms with E-state index in [1.54, 1.807) is 27.7 Å². The minimum atomic E-state index is -0.573. The first-order valence-electron chi connectivity index (χ1n) is 3.69. The lowest BCUT2D eigenvalue weighted by Gasteiger charge is -2.20. The molecule has 0 rings (SSSR count). The molecular weight excluding hydrogens is 165 g/mol. The van der Waals surface area contributed by atoms with E-state index in [2.05, 4.69) is 5.32 Å². The molecule has 0 aromatic rings. The van der Waals surface area contributed by atoms with Gasteiger partial charge in [0, 0.05) is 5.70 Å². The Kier molecular flexibility index (Phi) is 3.87. The Hall–Kier alpha value is -0.240. The van der Waals surface area contributed by atoms with Gasteiger partial charge in [-0.25, -0.2) is 4.39 Å². The van der Waals surface area contributed by atoms with Crippen LogP contribution in [0.3, 0.4) is 0 Å². The topological polar surface area (TPSA) is 12.0 Å². The smallest absolute Gasteiger partial charge is 0.118 e. The summed E-state index contributed by atoms with van der Waals surface area (Å²) in [6.07, 6.45) is 0.409. The van der Waals surface area contributed by atoms with E-state index in [0.29, 0.717) is 12.1 Å². The molecule has 0 fully saturated rings. The molecule has 0 aromatic carbocycles. The first kappa shape index (κ1) is 10.8. The summed E-state index contributed by atoms with van der Waals surface area (Å²) < 4.78 is 12.8. The largest absolute Gasteiger partial charge is 0.369 e. The molecule has 0 saturated carbocycles. The number of hydrogen-bond donors (Lipinski definition) is 1. The van der Waals surface area contributed by atoms with Crippen LogP contribution in [-0.2, 0) is 0 Å². The summed E-state index contributed by atoms with van der Waals surface area (Å²) in [6.45, 7) is 7.01. The molecule has 1 nitrogen and oxygen atoms in total. The van der Waals surface area contributed by atoms with Gasteiger partial charge in [-0.05, 0) is 27.2 Å². The minimum Gasteiger partial charge on any atom is -0.369 e. The number of halogens is 2. The standard InChI is InChI=1S/C8H15ClFN/c1-5-7(10)6(2)11-8(3,4)9/h11H,5H2,1-4H3/b7-6-. The number of hydrogen-bond acceptors (Lipinski definition) is 1. The molecule has 1 N–H and O–H groups in total. The van der Waals surface area contributed by atoms with Crippen LogP contribution in [0.25, 0.3) is 0 Å². The van der Waals surface area contributed by atoms with E-state index in [4.69, 9.17) is 11.6 Å². The van der Waals surface area contributed by atoms with Crippen molar-refractivity contribution in [2.75, 3.05) is 0 Å². The highest BCUT2D eigenvalue weighted by molar-refractivity contribution is 6.23. The van der Waals surface area contributed by atoms with Crippen LogP contribution in [0.15, 0.2) is 11.5 Å². The monoisotopic (exact) mass is 179 g/mol. The Bertz CT molecular complexity index is 158. The Morgan fingerprint density at radius 3 is 2.27 bits per heavy atom. The Morgan fingerprint density at radius 2 is 2.00 bits per heavy atom. The molecule has 0 heterocycles. The lowest BCUT2D eigenvalue weighted by Crippen LogP contribution is -2.31. The van der Waals surface area contributed by atoms with Gasteiger partial charge in [0.05, 0.1) is 0 Å². The molecule has 0 aliphatic rings. The molecule has 66 valence electrons. The highest BCUT2D eigenvalue weighted by Gasteiger charge is 2.13. The van der Waals surface area contributed by atoms with E-state index in [1.165, 1.54) is 0 Å². The Balaban J connectivity index is 4.17. The van der Waals surface area contributed by atoms with E-state index in [-0.39, 0.29) is 5.83 Å². The third-order valence-corrected chi connectivity index (χ3v) is 1.30. The summed E-state index contributed by atoms with van der Waals surface area (Å²) in [6, 6.07) is 0. The van der Waals surface area contributed by atoms with Crippen LogP contribution < -0.4 is 5.32 Å². The van der Waals surface area contributed by atoms with Crippen molar-refractivity contribution in [1.29, 1.82) is 0 Å². The maximum absolute atomic E-state index is 12.8. The van der Waals surface area contributed by atoms with Crippen LogP contribution in [0.2, 0.25) is 0 Å². The van der Waals surface area contributed by atoms with Crippen molar-refractivity contribution < 1.29 is 4.39 Å². The fourth-order valence-corrected chi connectivity index (χ4v) is 0.921. The van der Waals surface area contributed by atoms with Crippen LogP contribution in [0.4, 0.5) is 4.39 Å². The molecule has 0 aromatic heterocycles. The van der Waals surface area contributed by atoms with Gasteiger partial charge in [0.1, 0.15) is 10.8 Å². The lowest BCUT2D eigenvalue weighted by atomic mass is 10.3. The highest BCUT2D eigenvalue weighted by atomic mass is 35.5. The molecule has 0 radical (unpaired) electrons. The summed E-state index contributed by atoms with van der Waals surface area (Å²) in [7, 11) is 0. The number of nitrogens with one attached hydrogen (secondary N) is 1. The van der Waals surface area contributed by atoms with Crippen molar-refractivity contribution in [2.24, 2.45) is 0 Å². The van der Waals surface area contributed by atoms with Crippen LogP contribution in [0, 0.1) is 0 Å². The third-order valence-electron chi connectivity index (χ3n) is 1.20. The minimum absolute atomic E-state index is 0.140. The van der Waals surface area contributed by atoms with Crippen LogP contribution in [0.1, 0.15) is 34.1 Å². The second-order valence-corrected chi connectivity index (χ2v) is 3.93. The normalized spacial score (nSPS) is 14.4. The van der Waals surface area contributed by atoms with Gasteiger partial charge in [0.25, 0.3) is 0 Å². The summed E-state index contributed by atoms with van der Waals surface area (Å²) >= 11 is 5.82. The summed E-state index contributed by atoms with van der Waals surface area (Å²) in [5.74, 6) is -0.140. The zero-order chi connectivity index (χ0) is 9.07. The average molecular weight is 180 g/mol. The van der Waals surface area contributed by atoms with Crippen LogP contribution in [0.5, 0.6) is 0 Å². The predicted molar refractivity (Wildman–Crippen MR) is 47.2 cm³/mol. The van der Waals surface area contributed by atoms with Gasteiger partial charge in [-0.2, -0.15) is 0 Å². The quantitative estimate of drug-likeness (QED) is 0.519. The van der Waals surface area contributed by atoms with E-state index < -0.39 is 5.00 Å². The molecule has 0 aliphatic carbocycles. The van der Waals surface area contributed by atoms with Gasteiger partial charge >= 0.3 is 0 Å². The molecule has 0 aliphatic heterocycles. The van der Waals surface area contributed by atoms with E-state index in [1.807, 2.05) is 0 Å². The van der Waals surface area contributed by atoms with Crippen molar-refractivity contribution in [1.82, 2.24) is 5.32 Å². The summed E-state index contributed by atoms with van der Waals surface area (Å²) in [5.41, 5.74) is 0.521. The Labute approximate surface area is 72.6 Å². The molecule has 0 atom stereocenters. The van der Waals surface area contributed by atoms with Crippen molar-refractivity contribution >= 4 is 11.6 Å². The number of allylic oxidation sites excluding steroid dienone is 2. The predicted octanol–water partition coefficient (Wildman–Crippen LogP) is 3.16. The van der Waals surface area contributed by atoms with Crippen LogP contribution in [-0.4, -0.2) is 5.00 Å². The first-order chi connectivity index (χ1) is 4.87. The molecular formula is C8H15ClFN. The first-order valence-corrected chi connectivity index (χ1v) is 4.07. The summed E-state index contributed by atoms with van der Waals surface area (Å²) in [5, 5.41) is 2.84. The zero-order valence-corrected chi connectivity index (χ0v) is 8.22. The molecule has 0 saturated heterocycles. The fourth-order valence-electron chi connectivity index (χ4n) is 0.779. The maximum Gasteiger partial charge on any atom is 0.118 e. The molecule has 0 unspecified atom stereocenters. The fraction of sp³-hybridized carbons (Fsp3) is 0.750. The lowest BCUT2D eigenvalue weighted by molar-refractivity contribution is 0.534. The van der Waals surface area contributed by atoms with Gasteiger partial charge in [-0.15, -0.1) is 0 Å². The van der Waals surface area contributed by atoms with Gasteiger partial charge in [-0.1, -0.05) is 18.5 Å². The molecule has 3 heteroatoms. The highest BCUT2D eigenvalue weighted by Crippen LogP contribution is 2.14. The van der Waals surface area contributed by atoms with Crippen molar-refractivity contribution in [2.45, 2.75) is 39.1 Å². The van der Waals surface area contributed by atoms with Gasteiger partial charge in [0.15, 0.2) is 0 Å². The van der Waals surface area contributed by atoms with E-state index in [9.17, 15) is 4.39 Å².